The van der Waals surface area contributed by atoms with E-state index in [1.807, 2.05) is 13.0 Å². The van der Waals surface area contributed by atoms with Crippen LogP contribution in [0.3, 0.4) is 0 Å². The van der Waals surface area contributed by atoms with E-state index >= 15 is 0 Å². The Kier molecular flexibility index (Phi) is 1.58. The molecule has 0 bridgehead atoms. The van der Waals surface area contributed by atoms with Gasteiger partial charge in [0.15, 0.2) is 0 Å². The van der Waals surface area contributed by atoms with Gasteiger partial charge in [0.1, 0.15) is 0 Å². The Balaban J connectivity index is 2.77. The van der Waals surface area contributed by atoms with E-state index in [2.05, 4.69) is 11.6 Å². The number of fused-ring (bicyclic) bond motifs is 1. The maximum absolute atomic E-state index is 11.3. The summed E-state index contributed by atoms with van der Waals surface area (Å²) < 4.78 is 1.57. The number of aryl methyl sites for hydroxylation is 1. The second-order valence-corrected chi connectivity index (χ2v) is 3.70. The van der Waals surface area contributed by atoms with Crippen LogP contribution in [0.15, 0.2) is 22.5 Å². The first kappa shape index (κ1) is 7.61. The molecule has 0 unspecified atom stereocenters. The summed E-state index contributed by atoms with van der Waals surface area (Å²) in [6, 6.07) is 1.91. The van der Waals surface area contributed by atoms with Gasteiger partial charge in [-0.2, -0.15) is 4.98 Å². The van der Waals surface area contributed by atoms with Gasteiger partial charge in [-0.15, -0.1) is 11.8 Å². The second-order valence-electron chi connectivity index (χ2n) is 2.71. The van der Waals surface area contributed by atoms with Gasteiger partial charge in [-0.05, 0) is 13.0 Å². The lowest BCUT2D eigenvalue weighted by Gasteiger charge is -2.01. The maximum atomic E-state index is 11.3. The van der Waals surface area contributed by atoms with E-state index in [9.17, 15) is 4.79 Å². The Morgan fingerprint density at radius 2 is 2.50 bits per heavy atom. The molecular formula is C8H8N2OS. The third kappa shape index (κ3) is 0.992. The molecule has 0 spiro atoms. The fourth-order valence-corrected chi connectivity index (χ4v) is 2.22. The van der Waals surface area contributed by atoms with Gasteiger partial charge in [-0.25, -0.2) is 4.79 Å². The average molecular weight is 180 g/mol. The van der Waals surface area contributed by atoms with Crippen LogP contribution < -0.4 is 5.69 Å². The first-order valence-corrected chi connectivity index (χ1v) is 4.59. The van der Waals surface area contributed by atoms with Crippen molar-refractivity contribution in [1.82, 2.24) is 9.55 Å². The zero-order valence-corrected chi connectivity index (χ0v) is 7.52. The van der Waals surface area contributed by atoms with Crippen LogP contribution in [-0.4, -0.2) is 15.3 Å². The largest absolute Gasteiger partial charge is 0.353 e. The van der Waals surface area contributed by atoms with Gasteiger partial charge in [0.05, 0.1) is 5.03 Å². The fourth-order valence-electron chi connectivity index (χ4n) is 1.19. The molecule has 1 aromatic heterocycles. The van der Waals surface area contributed by atoms with E-state index < -0.39 is 0 Å². The van der Waals surface area contributed by atoms with Crippen molar-refractivity contribution in [3.8, 4) is 0 Å². The molecule has 0 aromatic carbocycles. The maximum Gasteiger partial charge on any atom is 0.353 e. The summed E-state index contributed by atoms with van der Waals surface area (Å²) >= 11 is 1.63. The molecule has 0 N–H and O–H groups in total. The van der Waals surface area contributed by atoms with E-state index in [1.165, 1.54) is 0 Å². The summed E-state index contributed by atoms with van der Waals surface area (Å²) in [5.41, 5.74) is 1.39. The minimum Gasteiger partial charge on any atom is -0.259 e. The zero-order chi connectivity index (χ0) is 8.72. The number of thioether (sulfide) groups is 1. The van der Waals surface area contributed by atoms with Gasteiger partial charge in [-0.1, -0.05) is 6.58 Å². The molecule has 2 heterocycles. The van der Waals surface area contributed by atoms with Crippen LogP contribution in [0.25, 0.3) is 5.70 Å². The summed E-state index contributed by atoms with van der Waals surface area (Å²) in [5.74, 6) is 0.792. The van der Waals surface area contributed by atoms with Crippen LogP contribution in [0.1, 0.15) is 5.69 Å². The number of aromatic nitrogens is 2. The topological polar surface area (TPSA) is 34.9 Å². The summed E-state index contributed by atoms with van der Waals surface area (Å²) in [7, 11) is 0. The zero-order valence-electron chi connectivity index (χ0n) is 6.70. The predicted octanol–water partition coefficient (Wildman–Crippen LogP) is 1.13. The van der Waals surface area contributed by atoms with Crippen molar-refractivity contribution in [2.75, 3.05) is 5.75 Å². The molecule has 12 heavy (non-hydrogen) atoms. The Morgan fingerprint density at radius 3 is 3.25 bits per heavy atom. The van der Waals surface area contributed by atoms with Crippen LogP contribution in [0.2, 0.25) is 0 Å². The second kappa shape index (κ2) is 2.48. The van der Waals surface area contributed by atoms with Gasteiger partial charge in [0.2, 0.25) is 0 Å². The highest BCUT2D eigenvalue weighted by Gasteiger charge is 2.16. The van der Waals surface area contributed by atoms with Gasteiger partial charge in [0.25, 0.3) is 0 Å². The quantitative estimate of drug-likeness (QED) is 0.561. The molecule has 4 heteroatoms. The Hall–Kier alpha value is -1.03. The predicted molar refractivity (Wildman–Crippen MR) is 49.3 cm³/mol. The number of hydrogen-bond acceptors (Lipinski definition) is 3. The third-order valence-corrected chi connectivity index (χ3v) is 2.79. The number of nitrogens with zero attached hydrogens (tertiary/aromatic N) is 2. The van der Waals surface area contributed by atoms with Gasteiger partial charge in [0, 0.05) is 17.1 Å². The lowest BCUT2D eigenvalue weighted by atomic mass is 10.4. The molecule has 0 radical (unpaired) electrons. The molecule has 62 valence electrons. The van der Waals surface area contributed by atoms with Crippen LogP contribution in [0.4, 0.5) is 0 Å². The normalized spacial score (nSPS) is 14.9. The van der Waals surface area contributed by atoms with E-state index in [4.69, 9.17) is 0 Å². The number of rotatable bonds is 0. The monoisotopic (exact) mass is 180 g/mol. The lowest BCUT2D eigenvalue weighted by molar-refractivity contribution is 0.837. The fraction of sp³-hybridized carbons (Fsp3) is 0.250. The van der Waals surface area contributed by atoms with Crippen molar-refractivity contribution < 1.29 is 0 Å². The van der Waals surface area contributed by atoms with Crippen molar-refractivity contribution in [2.24, 2.45) is 0 Å². The van der Waals surface area contributed by atoms with Gasteiger partial charge >= 0.3 is 5.69 Å². The molecule has 1 aromatic rings. The average Bonchev–Trinajstić information content (AvgIpc) is 2.31. The van der Waals surface area contributed by atoms with Crippen molar-refractivity contribution >= 4 is 17.5 Å². The van der Waals surface area contributed by atoms with Gasteiger partial charge < -0.3 is 0 Å². The van der Waals surface area contributed by atoms with E-state index in [0.717, 1.165) is 22.2 Å². The SMILES string of the molecule is C=C1CSc2cc(C)nc(=O)n21. The van der Waals surface area contributed by atoms with E-state index in [1.54, 1.807) is 16.3 Å². The molecule has 0 fully saturated rings. The van der Waals surface area contributed by atoms with Crippen LogP contribution in [0.5, 0.6) is 0 Å². The van der Waals surface area contributed by atoms with Crippen molar-refractivity contribution in [2.45, 2.75) is 11.9 Å². The van der Waals surface area contributed by atoms with E-state index in [-0.39, 0.29) is 5.69 Å². The molecule has 3 nitrogen and oxygen atoms in total. The molecule has 0 saturated carbocycles. The highest BCUT2D eigenvalue weighted by Crippen LogP contribution is 2.29. The van der Waals surface area contributed by atoms with Crippen molar-refractivity contribution in [1.29, 1.82) is 0 Å². The Morgan fingerprint density at radius 1 is 1.75 bits per heavy atom. The van der Waals surface area contributed by atoms with E-state index in [0.29, 0.717) is 0 Å². The van der Waals surface area contributed by atoms with Crippen LogP contribution in [0, 0.1) is 6.92 Å². The molecule has 1 aliphatic rings. The molecule has 1 aliphatic heterocycles. The molecule has 2 rings (SSSR count). The highest BCUT2D eigenvalue weighted by atomic mass is 32.2. The third-order valence-electron chi connectivity index (χ3n) is 1.72. The minimum absolute atomic E-state index is 0.208. The standard InChI is InChI=1S/C8H8N2OS/c1-5-3-7-10(8(11)9-5)6(2)4-12-7/h3H,2,4H2,1H3. The molecule has 0 atom stereocenters. The first-order valence-electron chi connectivity index (χ1n) is 3.60. The summed E-state index contributed by atoms with van der Waals surface area (Å²) in [6.07, 6.45) is 0. The van der Waals surface area contributed by atoms with Gasteiger partial charge in [-0.3, -0.25) is 4.57 Å². The smallest absolute Gasteiger partial charge is 0.259 e. The molecule has 0 aliphatic carbocycles. The molecule has 0 amide bonds. The Bertz CT molecular complexity index is 408. The summed E-state index contributed by atoms with van der Waals surface area (Å²) in [6.45, 7) is 5.61. The number of hydrogen-bond donors (Lipinski definition) is 0. The first-order chi connectivity index (χ1) is 5.68. The van der Waals surface area contributed by atoms with Crippen LogP contribution in [-0.2, 0) is 0 Å². The van der Waals surface area contributed by atoms with Crippen molar-refractivity contribution in [3.63, 3.8) is 0 Å². The molecule has 0 saturated heterocycles. The van der Waals surface area contributed by atoms with Crippen molar-refractivity contribution in [3.05, 3.63) is 28.8 Å². The minimum atomic E-state index is -0.208. The lowest BCUT2D eigenvalue weighted by Crippen LogP contribution is -2.21. The summed E-state index contributed by atoms with van der Waals surface area (Å²) in [4.78, 5) is 15.1. The highest BCUT2D eigenvalue weighted by molar-refractivity contribution is 8.00. The molecular weight excluding hydrogens is 172 g/mol. The van der Waals surface area contributed by atoms with Crippen LogP contribution >= 0.6 is 11.8 Å². The summed E-state index contributed by atoms with van der Waals surface area (Å²) in [5, 5.41) is 0.956. The Labute approximate surface area is 74.1 Å².